The molecule has 1 aromatic heterocycles. The standard InChI is InChI=1S/C15H24N2O2S/c1-12-6-10-20-14(12)11-17(2)15(18)5-9-19-13-3-7-16-8-4-13/h6,10,13,16H,3-5,7-9,11H2,1-2H3. The number of rotatable bonds is 6. The average molecular weight is 296 g/mol. The largest absolute Gasteiger partial charge is 0.378 e. The third-order valence-corrected chi connectivity index (χ3v) is 4.74. The predicted molar refractivity (Wildman–Crippen MR) is 82.0 cm³/mol. The minimum atomic E-state index is 0.159. The Morgan fingerprint density at radius 1 is 1.50 bits per heavy atom. The molecule has 0 aliphatic carbocycles. The first-order valence-electron chi connectivity index (χ1n) is 7.26. The third-order valence-electron chi connectivity index (χ3n) is 3.73. The fourth-order valence-corrected chi connectivity index (χ4v) is 3.29. The lowest BCUT2D eigenvalue weighted by atomic mass is 10.1. The van der Waals surface area contributed by atoms with Crippen LogP contribution in [0.4, 0.5) is 0 Å². The van der Waals surface area contributed by atoms with Crippen LogP contribution in [0, 0.1) is 6.92 Å². The Balaban J connectivity index is 1.67. The second-order valence-electron chi connectivity index (χ2n) is 5.35. The van der Waals surface area contributed by atoms with Crippen molar-refractivity contribution in [2.75, 3.05) is 26.7 Å². The molecule has 1 aliphatic heterocycles. The molecule has 0 aromatic carbocycles. The predicted octanol–water partition coefficient (Wildman–Crippen LogP) is 2.17. The number of piperidine rings is 1. The highest BCUT2D eigenvalue weighted by Crippen LogP contribution is 2.17. The fourth-order valence-electron chi connectivity index (χ4n) is 2.34. The van der Waals surface area contributed by atoms with E-state index in [1.54, 1.807) is 16.2 Å². The van der Waals surface area contributed by atoms with Gasteiger partial charge in [0.05, 0.1) is 25.7 Å². The van der Waals surface area contributed by atoms with Crippen molar-refractivity contribution in [1.82, 2.24) is 10.2 Å². The lowest BCUT2D eigenvalue weighted by Gasteiger charge is -2.23. The van der Waals surface area contributed by atoms with Gasteiger partial charge in [-0.15, -0.1) is 11.3 Å². The number of carbonyl (C=O) groups excluding carboxylic acids is 1. The molecule has 0 saturated carbocycles. The first-order chi connectivity index (χ1) is 9.66. The zero-order chi connectivity index (χ0) is 14.4. The number of hydrogen-bond donors (Lipinski definition) is 1. The number of aryl methyl sites for hydroxylation is 1. The van der Waals surface area contributed by atoms with E-state index < -0.39 is 0 Å². The van der Waals surface area contributed by atoms with Crippen LogP contribution in [-0.2, 0) is 16.1 Å². The Morgan fingerprint density at radius 2 is 2.25 bits per heavy atom. The lowest BCUT2D eigenvalue weighted by Crippen LogP contribution is -2.33. The molecule has 5 heteroatoms. The molecule has 4 nitrogen and oxygen atoms in total. The van der Waals surface area contributed by atoms with Gasteiger partial charge in [0.2, 0.25) is 5.91 Å². The zero-order valence-corrected chi connectivity index (χ0v) is 13.2. The van der Waals surface area contributed by atoms with Crippen molar-refractivity contribution in [3.05, 3.63) is 21.9 Å². The highest BCUT2D eigenvalue weighted by Gasteiger charge is 2.15. The highest BCUT2D eigenvalue weighted by molar-refractivity contribution is 7.10. The Labute approximate surface area is 125 Å². The van der Waals surface area contributed by atoms with Crippen LogP contribution in [0.1, 0.15) is 29.7 Å². The van der Waals surface area contributed by atoms with Crippen molar-refractivity contribution >= 4 is 17.2 Å². The van der Waals surface area contributed by atoms with Crippen LogP contribution in [0.25, 0.3) is 0 Å². The van der Waals surface area contributed by atoms with Crippen molar-refractivity contribution in [2.45, 2.75) is 38.8 Å². The summed E-state index contributed by atoms with van der Waals surface area (Å²) in [5, 5.41) is 5.38. The molecule has 2 rings (SSSR count). The molecule has 0 unspecified atom stereocenters. The summed E-state index contributed by atoms with van der Waals surface area (Å²) in [6, 6.07) is 2.10. The number of carbonyl (C=O) groups is 1. The third kappa shape index (κ3) is 4.58. The molecule has 1 saturated heterocycles. The first kappa shape index (κ1) is 15.5. The van der Waals surface area contributed by atoms with E-state index in [-0.39, 0.29) is 5.91 Å². The van der Waals surface area contributed by atoms with E-state index in [0.717, 1.165) is 25.9 Å². The SMILES string of the molecule is Cc1ccsc1CN(C)C(=O)CCOC1CCNCC1. The van der Waals surface area contributed by atoms with Crippen LogP contribution < -0.4 is 5.32 Å². The van der Waals surface area contributed by atoms with Crippen molar-refractivity contribution in [3.8, 4) is 0 Å². The number of nitrogens with one attached hydrogen (secondary N) is 1. The smallest absolute Gasteiger partial charge is 0.224 e. The van der Waals surface area contributed by atoms with Gasteiger partial charge in [0, 0.05) is 11.9 Å². The minimum absolute atomic E-state index is 0.159. The summed E-state index contributed by atoms with van der Waals surface area (Å²) in [7, 11) is 1.87. The second-order valence-corrected chi connectivity index (χ2v) is 6.35. The molecule has 1 fully saturated rings. The lowest BCUT2D eigenvalue weighted by molar-refractivity contribution is -0.132. The van der Waals surface area contributed by atoms with E-state index in [9.17, 15) is 4.79 Å². The van der Waals surface area contributed by atoms with Crippen molar-refractivity contribution < 1.29 is 9.53 Å². The van der Waals surface area contributed by atoms with Crippen molar-refractivity contribution in [3.63, 3.8) is 0 Å². The summed E-state index contributed by atoms with van der Waals surface area (Å²) in [6.07, 6.45) is 2.91. The van der Waals surface area contributed by atoms with Gasteiger partial charge in [-0.05, 0) is 49.9 Å². The van der Waals surface area contributed by atoms with E-state index in [2.05, 4.69) is 23.7 Å². The van der Waals surface area contributed by atoms with Gasteiger partial charge in [0.15, 0.2) is 0 Å². The van der Waals surface area contributed by atoms with Gasteiger partial charge in [-0.1, -0.05) is 0 Å². The fraction of sp³-hybridized carbons (Fsp3) is 0.667. The molecular formula is C15H24N2O2S. The number of thiophene rings is 1. The van der Waals surface area contributed by atoms with E-state index in [1.165, 1.54) is 10.4 Å². The van der Waals surface area contributed by atoms with Crippen molar-refractivity contribution in [1.29, 1.82) is 0 Å². The van der Waals surface area contributed by atoms with Crippen LogP contribution in [-0.4, -0.2) is 43.7 Å². The Bertz CT molecular complexity index is 427. The monoisotopic (exact) mass is 296 g/mol. The molecule has 2 heterocycles. The number of hydrogen-bond acceptors (Lipinski definition) is 4. The van der Waals surface area contributed by atoms with Crippen molar-refractivity contribution in [2.24, 2.45) is 0 Å². The molecule has 1 N–H and O–H groups in total. The quantitative estimate of drug-likeness (QED) is 0.875. The zero-order valence-electron chi connectivity index (χ0n) is 12.4. The first-order valence-corrected chi connectivity index (χ1v) is 8.14. The van der Waals surface area contributed by atoms with Gasteiger partial charge >= 0.3 is 0 Å². The van der Waals surface area contributed by atoms with Gasteiger partial charge in [0.25, 0.3) is 0 Å². The summed E-state index contributed by atoms with van der Waals surface area (Å²) in [5.74, 6) is 0.159. The molecule has 0 bridgehead atoms. The maximum atomic E-state index is 12.1. The van der Waals surface area contributed by atoms with Crippen LogP contribution >= 0.6 is 11.3 Å². The molecule has 0 spiro atoms. The average Bonchev–Trinajstić information content (AvgIpc) is 2.85. The van der Waals surface area contributed by atoms with E-state index in [0.29, 0.717) is 25.7 Å². The van der Waals surface area contributed by atoms with Gasteiger partial charge < -0.3 is 15.0 Å². The number of nitrogens with zero attached hydrogens (tertiary/aromatic N) is 1. The van der Waals surface area contributed by atoms with Gasteiger partial charge in [-0.3, -0.25) is 4.79 Å². The van der Waals surface area contributed by atoms with Crippen LogP contribution in [0.2, 0.25) is 0 Å². The maximum Gasteiger partial charge on any atom is 0.224 e. The molecule has 1 amide bonds. The van der Waals surface area contributed by atoms with Crippen LogP contribution in [0.15, 0.2) is 11.4 Å². The number of amides is 1. The summed E-state index contributed by atoms with van der Waals surface area (Å²) in [4.78, 5) is 15.1. The van der Waals surface area contributed by atoms with Gasteiger partial charge in [-0.2, -0.15) is 0 Å². The Morgan fingerprint density at radius 3 is 2.90 bits per heavy atom. The van der Waals surface area contributed by atoms with E-state index >= 15 is 0 Å². The molecule has 0 atom stereocenters. The summed E-state index contributed by atoms with van der Waals surface area (Å²) in [5.41, 5.74) is 1.26. The molecule has 112 valence electrons. The molecular weight excluding hydrogens is 272 g/mol. The topological polar surface area (TPSA) is 41.6 Å². The minimum Gasteiger partial charge on any atom is -0.378 e. The van der Waals surface area contributed by atoms with Crippen LogP contribution in [0.5, 0.6) is 0 Å². The maximum absolute atomic E-state index is 12.1. The normalized spacial score (nSPS) is 16.3. The summed E-state index contributed by atoms with van der Waals surface area (Å²) < 4.78 is 5.78. The molecule has 0 radical (unpaired) electrons. The van der Waals surface area contributed by atoms with E-state index in [1.807, 2.05) is 7.05 Å². The molecule has 1 aliphatic rings. The van der Waals surface area contributed by atoms with Gasteiger partial charge in [0.1, 0.15) is 0 Å². The van der Waals surface area contributed by atoms with E-state index in [4.69, 9.17) is 4.74 Å². The summed E-state index contributed by atoms with van der Waals surface area (Å²) >= 11 is 1.71. The van der Waals surface area contributed by atoms with Crippen LogP contribution in [0.3, 0.4) is 0 Å². The molecule has 20 heavy (non-hydrogen) atoms. The second kappa shape index (κ2) is 7.76. The molecule has 1 aromatic rings. The number of ether oxygens (including phenoxy) is 1. The Kier molecular flexibility index (Phi) is 6.01. The highest BCUT2D eigenvalue weighted by atomic mass is 32.1. The Hall–Kier alpha value is -0.910. The van der Waals surface area contributed by atoms with Gasteiger partial charge in [-0.25, -0.2) is 0 Å². The summed E-state index contributed by atoms with van der Waals surface area (Å²) in [6.45, 7) is 5.38.